The van der Waals surface area contributed by atoms with Gasteiger partial charge in [0.15, 0.2) is 30.3 Å². The average Bonchev–Trinajstić information content (AvgIpc) is 3.12. The van der Waals surface area contributed by atoms with Gasteiger partial charge < -0.3 is 20.2 Å². The van der Waals surface area contributed by atoms with Crippen LogP contribution in [0, 0.1) is 16.8 Å². The highest BCUT2D eigenvalue weighted by molar-refractivity contribution is 5.76. The molecular weight excluding hydrogens is 352 g/mol. The molecule has 1 unspecified atom stereocenters. The second kappa shape index (κ2) is 6.44. The molecule has 0 aromatic heterocycles. The minimum atomic E-state index is -0.884. The minimum absolute atomic E-state index is 0.0391. The van der Waals surface area contributed by atoms with Gasteiger partial charge in [0.2, 0.25) is 0 Å². The quantitative estimate of drug-likeness (QED) is 0.654. The van der Waals surface area contributed by atoms with E-state index in [0.717, 1.165) is 0 Å². The third-order valence-electron chi connectivity index (χ3n) is 5.42. The maximum Gasteiger partial charge on any atom is 0.194 e. The van der Waals surface area contributed by atoms with E-state index < -0.39 is 28.4 Å². The summed E-state index contributed by atoms with van der Waals surface area (Å²) in [7, 11) is 1.76. The molecule has 27 heavy (non-hydrogen) atoms. The normalized spacial score (nSPS) is 26.3. The molecule has 7 heteroatoms. The first-order valence-electron chi connectivity index (χ1n) is 9.12. The number of hydroxylamine groups is 2. The van der Waals surface area contributed by atoms with E-state index in [4.69, 9.17) is 4.74 Å². The largest absolute Gasteiger partial charge is 0.625 e. The molecule has 0 amide bonds. The summed E-state index contributed by atoms with van der Waals surface area (Å²) in [5.41, 5.74) is 1.35. The molecule has 5 nitrogen and oxygen atoms in total. The molecular formula is C20H23F2N3O2. The monoisotopic (exact) mass is 375 g/mol. The number of nitrogens with one attached hydrogen (secondary N) is 1. The van der Waals surface area contributed by atoms with Crippen molar-refractivity contribution < 1.29 is 13.5 Å². The number of hydrogen-bond donors (Lipinski definition) is 1. The van der Waals surface area contributed by atoms with Gasteiger partial charge in [-0.25, -0.2) is 8.78 Å². The molecule has 1 N–H and O–H groups in total. The van der Waals surface area contributed by atoms with E-state index >= 15 is 0 Å². The number of anilines is 1. The summed E-state index contributed by atoms with van der Waals surface area (Å²) in [6.07, 6.45) is -0.524. The first-order chi connectivity index (χ1) is 12.9. The van der Waals surface area contributed by atoms with Gasteiger partial charge in [0.25, 0.3) is 0 Å². The van der Waals surface area contributed by atoms with Crippen molar-refractivity contribution in [3.63, 3.8) is 0 Å². The Bertz CT molecular complexity index is 876. The summed E-state index contributed by atoms with van der Waals surface area (Å²) in [6, 6.07) is 8.28. The number of nitrogens with zero attached hydrogens (tertiary/aromatic N) is 2. The van der Waals surface area contributed by atoms with Gasteiger partial charge in [0, 0.05) is 18.7 Å². The van der Waals surface area contributed by atoms with Crippen LogP contribution in [0.3, 0.4) is 0 Å². The summed E-state index contributed by atoms with van der Waals surface area (Å²) >= 11 is 0. The van der Waals surface area contributed by atoms with Crippen molar-refractivity contribution in [2.75, 3.05) is 25.2 Å². The number of ether oxygens (including phenoxy) is 1. The van der Waals surface area contributed by atoms with Crippen molar-refractivity contribution >= 4 is 11.4 Å². The highest BCUT2D eigenvalue weighted by atomic mass is 19.1. The Balaban J connectivity index is 1.89. The Kier molecular flexibility index (Phi) is 4.33. The van der Waals surface area contributed by atoms with E-state index in [1.54, 1.807) is 25.2 Å². The lowest BCUT2D eigenvalue weighted by Gasteiger charge is -2.45. The summed E-state index contributed by atoms with van der Waals surface area (Å²) in [6.45, 7) is 4.43. The number of likely N-dealkylation sites (N-methyl/N-ethyl adjacent to an activating group) is 1. The molecule has 0 radical (unpaired) electrons. The third kappa shape index (κ3) is 2.69. The van der Waals surface area contributed by atoms with Crippen LogP contribution in [0.25, 0.3) is 0 Å². The first kappa shape index (κ1) is 18.2. The van der Waals surface area contributed by atoms with E-state index in [9.17, 15) is 14.0 Å². The van der Waals surface area contributed by atoms with Crippen LogP contribution >= 0.6 is 0 Å². The van der Waals surface area contributed by atoms with Crippen LogP contribution in [0.15, 0.2) is 36.4 Å². The number of para-hydroxylation sites is 1. The van der Waals surface area contributed by atoms with E-state index in [-0.39, 0.29) is 18.4 Å². The molecule has 0 saturated heterocycles. The van der Waals surface area contributed by atoms with Crippen LogP contribution in [0.1, 0.15) is 25.5 Å². The Labute approximate surface area is 157 Å². The Morgan fingerprint density at radius 3 is 2.78 bits per heavy atom. The number of fused-ring (bicyclic) bond motifs is 2. The van der Waals surface area contributed by atoms with Crippen LogP contribution in [0.5, 0.6) is 5.75 Å². The van der Waals surface area contributed by atoms with Crippen molar-refractivity contribution in [2.45, 2.75) is 32.0 Å². The molecule has 144 valence electrons. The fraction of sp³-hybridized carbons (Fsp3) is 0.400. The average molecular weight is 375 g/mol. The second-order valence-corrected chi connectivity index (χ2v) is 7.45. The molecule has 4 rings (SSSR count). The van der Waals surface area contributed by atoms with Crippen LogP contribution in [-0.2, 0) is 0 Å². The minimum Gasteiger partial charge on any atom is -0.625 e. The highest BCUT2D eigenvalue weighted by Crippen LogP contribution is 2.53. The van der Waals surface area contributed by atoms with Gasteiger partial charge in [-0.15, -0.1) is 0 Å². The number of benzene rings is 2. The maximum atomic E-state index is 14.9. The number of halogens is 2. The standard InChI is InChI=1S/C20H23F2N3O2/c1-12(2)24-11-25(26,20-15(22)5-4-6-16(20)24)19-14-8-7-13(21)9-17(14)27-18(19)10-23-3/h4-9,12,18-19,23H,10-11H2,1-3H3/t18-,19+,25?/m1/s1. The van der Waals surface area contributed by atoms with E-state index in [2.05, 4.69) is 5.32 Å². The van der Waals surface area contributed by atoms with Gasteiger partial charge in [-0.2, -0.15) is 0 Å². The van der Waals surface area contributed by atoms with Crippen LogP contribution in [-0.4, -0.2) is 32.4 Å². The maximum absolute atomic E-state index is 14.9. The SMILES string of the molecule is CNC[C@H]1Oc2cc(F)ccc2[C@@H]1[N+]1([O-])CN(C(C)C)c2cccc(F)c21. The van der Waals surface area contributed by atoms with Gasteiger partial charge >= 0.3 is 0 Å². The first-order valence-corrected chi connectivity index (χ1v) is 9.12. The van der Waals surface area contributed by atoms with Crippen molar-refractivity contribution in [1.29, 1.82) is 0 Å². The van der Waals surface area contributed by atoms with Crippen molar-refractivity contribution in [3.8, 4) is 5.75 Å². The molecule has 0 fully saturated rings. The fourth-order valence-corrected chi connectivity index (χ4v) is 4.28. The van der Waals surface area contributed by atoms with E-state index in [1.165, 1.54) is 18.2 Å². The van der Waals surface area contributed by atoms with Crippen LogP contribution in [0.4, 0.5) is 20.2 Å². The molecule has 0 bridgehead atoms. The summed E-state index contributed by atoms with van der Waals surface area (Å²) in [4.78, 5) is 1.92. The molecule has 2 aliphatic heterocycles. The van der Waals surface area contributed by atoms with E-state index in [0.29, 0.717) is 23.5 Å². The summed E-state index contributed by atoms with van der Waals surface area (Å²) < 4.78 is 33.6. The van der Waals surface area contributed by atoms with Gasteiger partial charge in [0.1, 0.15) is 17.3 Å². The van der Waals surface area contributed by atoms with Gasteiger partial charge in [-0.05, 0) is 45.2 Å². The van der Waals surface area contributed by atoms with Crippen LogP contribution < -0.4 is 19.6 Å². The predicted octanol–water partition coefficient (Wildman–Crippen LogP) is 3.68. The zero-order valence-corrected chi connectivity index (χ0v) is 15.6. The number of rotatable bonds is 4. The van der Waals surface area contributed by atoms with Crippen molar-refractivity contribution in [2.24, 2.45) is 0 Å². The molecule has 0 spiro atoms. The summed E-state index contributed by atoms with van der Waals surface area (Å²) in [5.74, 6) is -0.592. The lowest BCUT2D eigenvalue weighted by Crippen LogP contribution is -2.54. The molecule has 0 aliphatic carbocycles. The van der Waals surface area contributed by atoms with E-state index in [1.807, 2.05) is 18.7 Å². The highest BCUT2D eigenvalue weighted by Gasteiger charge is 2.52. The van der Waals surface area contributed by atoms with Gasteiger partial charge in [0.05, 0.1) is 5.56 Å². The number of hydrogen-bond acceptors (Lipinski definition) is 4. The van der Waals surface area contributed by atoms with Gasteiger partial charge in [-0.1, -0.05) is 6.07 Å². The lowest BCUT2D eigenvalue weighted by atomic mass is 10.0. The smallest absolute Gasteiger partial charge is 0.194 e. The molecule has 3 atom stereocenters. The predicted molar refractivity (Wildman–Crippen MR) is 102 cm³/mol. The Morgan fingerprint density at radius 2 is 2.07 bits per heavy atom. The van der Waals surface area contributed by atoms with Crippen molar-refractivity contribution in [3.05, 3.63) is 58.8 Å². The Hall–Kier alpha value is -2.22. The molecule has 2 aliphatic rings. The zero-order valence-electron chi connectivity index (χ0n) is 15.6. The molecule has 2 aromatic carbocycles. The number of quaternary nitrogens is 1. The third-order valence-corrected chi connectivity index (χ3v) is 5.42. The molecule has 2 heterocycles. The molecule has 0 saturated carbocycles. The Morgan fingerprint density at radius 1 is 1.30 bits per heavy atom. The lowest BCUT2D eigenvalue weighted by molar-refractivity contribution is 0.133. The fourth-order valence-electron chi connectivity index (χ4n) is 4.28. The van der Waals surface area contributed by atoms with Gasteiger partial charge in [-0.3, -0.25) is 4.65 Å². The van der Waals surface area contributed by atoms with Crippen molar-refractivity contribution in [1.82, 2.24) is 9.96 Å². The van der Waals surface area contributed by atoms with Crippen LogP contribution in [0.2, 0.25) is 0 Å². The summed E-state index contributed by atoms with van der Waals surface area (Å²) in [5, 5.41) is 17.3. The topological polar surface area (TPSA) is 47.6 Å². The zero-order chi connectivity index (χ0) is 19.3. The molecule has 2 aromatic rings. The second-order valence-electron chi connectivity index (χ2n) is 7.45.